The van der Waals surface area contributed by atoms with Crippen LogP contribution >= 0.6 is 0 Å². The first-order valence-corrected chi connectivity index (χ1v) is 7.17. The third-order valence-electron chi connectivity index (χ3n) is 2.93. The molecule has 0 rings (SSSR count). The fraction of sp³-hybridized carbons (Fsp3) is 0.900. The molecule has 0 amide bonds. The Hall–Kier alpha value is -0.313. The van der Waals surface area contributed by atoms with Crippen molar-refractivity contribution < 1.29 is 4.53 Å². The van der Waals surface area contributed by atoms with E-state index in [1.165, 1.54) is 0 Å². The summed E-state index contributed by atoms with van der Waals surface area (Å²) in [6.07, 6.45) is 0. The number of nitrogens with zero attached hydrogens (tertiary/aromatic N) is 1. The van der Waals surface area contributed by atoms with Gasteiger partial charge in [0.15, 0.2) is 0 Å². The Kier molecular flexibility index (Phi) is 4.68. The molecule has 2 nitrogen and oxygen atoms in total. The maximum Gasteiger partial charge on any atom is 0.295 e. The normalized spacial score (nSPS) is 12.7. The summed E-state index contributed by atoms with van der Waals surface area (Å²) in [4.78, 5) is 0. The van der Waals surface area contributed by atoms with Gasteiger partial charge in [0.1, 0.15) is 0 Å². The van der Waals surface area contributed by atoms with Gasteiger partial charge in [-0.2, -0.15) is 0 Å². The summed E-state index contributed by atoms with van der Waals surface area (Å²) >= 11 is 0. The van der Waals surface area contributed by atoms with Crippen molar-refractivity contribution in [3.63, 3.8) is 0 Å². The van der Waals surface area contributed by atoms with Crippen LogP contribution in [-0.4, -0.2) is 15.0 Å². The lowest BCUT2D eigenvalue weighted by molar-refractivity contribution is 0.300. The van der Waals surface area contributed by atoms with Crippen molar-refractivity contribution in [2.45, 2.75) is 58.2 Å². The summed E-state index contributed by atoms with van der Waals surface area (Å²) in [7, 11) is -1.76. The molecule has 0 spiro atoms. The number of hydrogen-bond acceptors (Lipinski definition) is 2. The van der Waals surface area contributed by atoms with E-state index in [0.717, 1.165) is 0 Å². The Morgan fingerprint density at radius 2 is 1.23 bits per heavy atom. The second-order valence-electron chi connectivity index (χ2n) is 4.54. The molecule has 0 saturated carbocycles. The summed E-state index contributed by atoms with van der Waals surface area (Å²) in [6, 6.07) is 0. The number of hydrogen-bond donors (Lipinski definition) is 0. The van der Waals surface area contributed by atoms with E-state index in [0.29, 0.717) is 16.6 Å². The van der Waals surface area contributed by atoms with Crippen molar-refractivity contribution in [2.24, 2.45) is 5.16 Å². The molecule has 78 valence electrons. The molecule has 0 bridgehead atoms. The van der Waals surface area contributed by atoms with Crippen molar-refractivity contribution in [1.82, 2.24) is 0 Å². The fourth-order valence-electron chi connectivity index (χ4n) is 2.43. The van der Waals surface area contributed by atoms with Gasteiger partial charge in [0.2, 0.25) is 0 Å². The lowest BCUT2D eigenvalue weighted by Gasteiger charge is -2.38. The van der Waals surface area contributed by atoms with Crippen LogP contribution < -0.4 is 0 Å². The summed E-state index contributed by atoms with van der Waals surface area (Å²) in [5.74, 6) is 0. The van der Waals surface area contributed by atoms with Crippen LogP contribution in [0.1, 0.15) is 41.5 Å². The summed E-state index contributed by atoms with van der Waals surface area (Å²) < 4.78 is 5.67. The third kappa shape index (κ3) is 2.33. The molecule has 3 heteroatoms. The smallest absolute Gasteiger partial charge is 0.295 e. The van der Waals surface area contributed by atoms with E-state index in [-0.39, 0.29) is 0 Å². The summed E-state index contributed by atoms with van der Waals surface area (Å²) in [5.41, 5.74) is 1.74. The average molecular weight is 201 g/mol. The average Bonchev–Trinajstić information content (AvgIpc) is 1.97. The van der Waals surface area contributed by atoms with Crippen LogP contribution in [0.5, 0.6) is 0 Å². The van der Waals surface area contributed by atoms with E-state index in [1.807, 2.05) is 0 Å². The Labute approximate surface area is 83.5 Å². The first kappa shape index (κ1) is 12.7. The van der Waals surface area contributed by atoms with E-state index in [4.69, 9.17) is 4.53 Å². The van der Waals surface area contributed by atoms with Crippen molar-refractivity contribution >= 4 is 15.0 Å². The molecule has 0 radical (unpaired) electrons. The second-order valence-corrected chi connectivity index (χ2v) is 9.89. The molecule has 0 aromatic heterocycles. The van der Waals surface area contributed by atoms with Gasteiger partial charge in [-0.15, -0.1) is 5.16 Å². The monoisotopic (exact) mass is 201 g/mol. The van der Waals surface area contributed by atoms with Gasteiger partial charge in [-0.1, -0.05) is 41.5 Å². The van der Waals surface area contributed by atoms with Crippen LogP contribution in [-0.2, 0) is 4.53 Å². The predicted molar refractivity (Wildman–Crippen MR) is 61.7 cm³/mol. The predicted octanol–water partition coefficient (Wildman–Crippen LogP) is 3.79. The largest absolute Gasteiger partial charge is 0.454 e. The molecule has 0 aromatic carbocycles. The summed E-state index contributed by atoms with van der Waals surface area (Å²) in [5, 5.41) is 3.68. The van der Waals surface area contributed by atoms with Crippen molar-refractivity contribution in [2.75, 3.05) is 0 Å². The Morgan fingerprint density at radius 1 is 0.923 bits per heavy atom. The van der Waals surface area contributed by atoms with Gasteiger partial charge in [-0.25, -0.2) is 0 Å². The Morgan fingerprint density at radius 3 is 1.31 bits per heavy atom. The molecule has 0 fully saturated rings. The topological polar surface area (TPSA) is 21.6 Å². The number of oxime groups is 1. The molecule has 0 aliphatic carbocycles. The van der Waals surface area contributed by atoms with Crippen LogP contribution in [0.3, 0.4) is 0 Å². The van der Waals surface area contributed by atoms with Crippen LogP contribution in [0.4, 0.5) is 0 Å². The van der Waals surface area contributed by atoms with Gasteiger partial charge in [0, 0.05) is 6.72 Å². The highest BCUT2D eigenvalue weighted by molar-refractivity contribution is 6.77. The van der Waals surface area contributed by atoms with E-state index >= 15 is 0 Å². The van der Waals surface area contributed by atoms with Gasteiger partial charge < -0.3 is 4.53 Å². The number of rotatable bonds is 5. The zero-order chi connectivity index (χ0) is 10.6. The van der Waals surface area contributed by atoms with Crippen molar-refractivity contribution in [3.05, 3.63) is 0 Å². The molecular weight excluding hydrogens is 178 g/mol. The molecule has 0 N–H and O–H groups in total. The summed E-state index contributed by atoms with van der Waals surface area (Å²) in [6.45, 7) is 16.9. The highest BCUT2D eigenvalue weighted by atomic mass is 28.4. The molecule has 13 heavy (non-hydrogen) atoms. The Bertz CT molecular complexity index is 145. The highest BCUT2D eigenvalue weighted by Crippen LogP contribution is 2.42. The van der Waals surface area contributed by atoms with E-state index in [2.05, 4.69) is 53.4 Å². The van der Waals surface area contributed by atoms with Crippen LogP contribution in [0, 0.1) is 0 Å². The van der Waals surface area contributed by atoms with Crippen molar-refractivity contribution in [1.29, 1.82) is 0 Å². The van der Waals surface area contributed by atoms with Crippen LogP contribution in [0.15, 0.2) is 5.16 Å². The lowest BCUT2D eigenvalue weighted by Crippen LogP contribution is -2.46. The zero-order valence-corrected chi connectivity index (χ0v) is 10.8. The molecule has 0 unspecified atom stereocenters. The SMILES string of the molecule is C=NO[Si](C(C)C)(C(C)C)C(C)C. The molecule has 0 saturated heterocycles. The quantitative estimate of drug-likeness (QED) is 0.377. The fourth-order valence-corrected chi connectivity index (χ4v) is 7.28. The lowest BCUT2D eigenvalue weighted by atomic mass is 10.5. The minimum atomic E-state index is -1.76. The third-order valence-corrected chi connectivity index (χ3v) is 8.79. The van der Waals surface area contributed by atoms with Gasteiger partial charge in [0.05, 0.1) is 0 Å². The Balaban J connectivity index is 4.92. The molecular formula is C10H23NOSi. The standard InChI is InChI=1S/C10H23NOSi/c1-8(2)13(9(3)4,10(5)6)12-11-7/h8-10H,7H2,1-6H3. The first-order chi connectivity index (χ1) is 5.89. The molecule has 0 aliphatic heterocycles. The highest BCUT2D eigenvalue weighted by Gasteiger charge is 2.47. The van der Waals surface area contributed by atoms with E-state index < -0.39 is 8.32 Å². The van der Waals surface area contributed by atoms with E-state index in [9.17, 15) is 0 Å². The minimum Gasteiger partial charge on any atom is -0.454 e. The maximum absolute atomic E-state index is 5.67. The molecule has 0 heterocycles. The van der Waals surface area contributed by atoms with Gasteiger partial charge in [-0.3, -0.25) is 0 Å². The van der Waals surface area contributed by atoms with Crippen LogP contribution in [0.2, 0.25) is 16.6 Å². The van der Waals surface area contributed by atoms with Crippen molar-refractivity contribution in [3.8, 4) is 0 Å². The second kappa shape index (κ2) is 4.79. The van der Waals surface area contributed by atoms with Gasteiger partial charge >= 0.3 is 0 Å². The first-order valence-electron chi connectivity index (χ1n) is 5.03. The minimum absolute atomic E-state index is 0.581. The van der Waals surface area contributed by atoms with E-state index in [1.54, 1.807) is 0 Å². The molecule has 0 aliphatic rings. The van der Waals surface area contributed by atoms with Gasteiger partial charge in [0.25, 0.3) is 8.32 Å². The van der Waals surface area contributed by atoms with Gasteiger partial charge in [-0.05, 0) is 16.6 Å². The zero-order valence-electron chi connectivity index (χ0n) is 9.79. The molecule has 0 atom stereocenters. The van der Waals surface area contributed by atoms with Crippen LogP contribution in [0.25, 0.3) is 0 Å². The maximum atomic E-state index is 5.67. The molecule has 0 aromatic rings.